The average molecular weight is 376 g/mol. The van der Waals surface area contributed by atoms with Gasteiger partial charge in [0.1, 0.15) is 5.82 Å². The summed E-state index contributed by atoms with van der Waals surface area (Å²) in [6.45, 7) is 5.86. The van der Waals surface area contributed by atoms with Crippen molar-refractivity contribution in [3.05, 3.63) is 57.7 Å². The predicted molar refractivity (Wildman–Crippen MR) is 93.0 cm³/mol. The van der Waals surface area contributed by atoms with E-state index in [1.807, 2.05) is 39.0 Å². The molecular weight excluding hydrogens is 358 g/mol. The van der Waals surface area contributed by atoms with Crippen LogP contribution in [0.5, 0.6) is 0 Å². The monoisotopic (exact) mass is 375 g/mol. The van der Waals surface area contributed by atoms with Crippen LogP contribution < -0.4 is 10.6 Å². The summed E-state index contributed by atoms with van der Waals surface area (Å²) in [7, 11) is 0. The van der Waals surface area contributed by atoms with E-state index in [9.17, 15) is 9.59 Å². The minimum atomic E-state index is -0.739. The molecule has 5 nitrogen and oxygen atoms in total. The Morgan fingerprint density at radius 3 is 2.52 bits per heavy atom. The lowest BCUT2D eigenvalue weighted by Gasteiger charge is -2.17. The van der Waals surface area contributed by atoms with Crippen LogP contribution in [0.25, 0.3) is 0 Å². The zero-order valence-corrected chi connectivity index (χ0v) is 14.8. The average Bonchev–Trinajstić information content (AvgIpc) is 2.52. The van der Waals surface area contributed by atoms with Crippen LogP contribution in [-0.4, -0.2) is 16.8 Å². The maximum atomic E-state index is 12.0. The van der Waals surface area contributed by atoms with Gasteiger partial charge in [0, 0.05) is 10.7 Å². The molecule has 0 radical (unpaired) electrons. The Hall–Kier alpha value is -2.21. The summed E-state index contributed by atoms with van der Waals surface area (Å²) in [6.07, 6.45) is 1.55. The highest BCUT2D eigenvalue weighted by molar-refractivity contribution is 9.10. The number of pyridine rings is 1. The normalized spacial score (nSPS) is 11.7. The van der Waals surface area contributed by atoms with E-state index >= 15 is 0 Å². The molecule has 0 aliphatic rings. The van der Waals surface area contributed by atoms with Gasteiger partial charge in [0.15, 0.2) is 0 Å². The van der Waals surface area contributed by atoms with Crippen LogP contribution in [0.2, 0.25) is 0 Å². The molecule has 120 valence electrons. The number of aromatic nitrogens is 1. The largest absolute Gasteiger partial charge is 0.341 e. The highest BCUT2D eigenvalue weighted by Gasteiger charge is 2.18. The van der Waals surface area contributed by atoms with Gasteiger partial charge in [-0.1, -0.05) is 18.2 Å². The Morgan fingerprint density at radius 1 is 1.13 bits per heavy atom. The number of hydrogen-bond acceptors (Lipinski definition) is 3. The summed E-state index contributed by atoms with van der Waals surface area (Å²) < 4.78 is 0.795. The van der Waals surface area contributed by atoms with Crippen molar-refractivity contribution >= 4 is 33.6 Å². The molecule has 2 rings (SSSR count). The smallest absolute Gasteiger partial charge is 0.314 e. The van der Waals surface area contributed by atoms with Crippen molar-refractivity contribution in [1.29, 1.82) is 0 Å². The van der Waals surface area contributed by atoms with Crippen LogP contribution in [0.1, 0.15) is 29.7 Å². The number of carbonyl (C=O) groups excluding carboxylic acids is 2. The molecule has 2 N–H and O–H groups in total. The van der Waals surface area contributed by atoms with Gasteiger partial charge in [0.2, 0.25) is 0 Å². The lowest BCUT2D eigenvalue weighted by atomic mass is 9.98. The van der Waals surface area contributed by atoms with E-state index in [2.05, 4.69) is 31.5 Å². The number of nitrogens with one attached hydrogen (secondary N) is 2. The molecule has 0 bridgehead atoms. The van der Waals surface area contributed by atoms with E-state index in [-0.39, 0.29) is 6.04 Å². The van der Waals surface area contributed by atoms with Crippen LogP contribution in [0, 0.1) is 13.8 Å². The number of carbonyl (C=O) groups is 2. The van der Waals surface area contributed by atoms with E-state index in [0.29, 0.717) is 5.82 Å². The highest BCUT2D eigenvalue weighted by atomic mass is 79.9. The fraction of sp³-hybridized carbons (Fsp3) is 0.235. The zero-order valence-electron chi connectivity index (χ0n) is 13.2. The third-order valence-corrected chi connectivity index (χ3v) is 4.10. The van der Waals surface area contributed by atoms with Gasteiger partial charge < -0.3 is 10.6 Å². The van der Waals surface area contributed by atoms with Crippen LogP contribution in [-0.2, 0) is 9.59 Å². The van der Waals surface area contributed by atoms with Gasteiger partial charge in [-0.25, -0.2) is 4.98 Å². The topological polar surface area (TPSA) is 71.1 Å². The van der Waals surface area contributed by atoms with Gasteiger partial charge in [-0.3, -0.25) is 9.59 Å². The SMILES string of the molecule is Cc1cccc(C(C)NC(=O)C(=O)Nc2ccc(Br)cn2)c1C. The summed E-state index contributed by atoms with van der Waals surface area (Å²) in [5, 5.41) is 5.18. The minimum absolute atomic E-state index is 0.258. The number of halogens is 1. The van der Waals surface area contributed by atoms with Crippen LogP contribution in [0.4, 0.5) is 5.82 Å². The number of amides is 2. The number of benzene rings is 1. The number of nitrogens with zero attached hydrogens (tertiary/aromatic N) is 1. The second kappa shape index (κ2) is 7.37. The Labute approximate surface area is 143 Å². The Kier molecular flexibility index (Phi) is 5.50. The van der Waals surface area contributed by atoms with Crippen molar-refractivity contribution in [2.24, 2.45) is 0 Å². The molecule has 1 aromatic heterocycles. The predicted octanol–water partition coefficient (Wildman–Crippen LogP) is 3.28. The van der Waals surface area contributed by atoms with Crippen LogP contribution >= 0.6 is 15.9 Å². The molecule has 23 heavy (non-hydrogen) atoms. The number of aryl methyl sites for hydroxylation is 1. The first-order valence-corrected chi connectivity index (χ1v) is 7.97. The van der Waals surface area contributed by atoms with Crippen LogP contribution in [0.3, 0.4) is 0 Å². The lowest BCUT2D eigenvalue weighted by Crippen LogP contribution is -2.37. The van der Waals surface area contributed by atoms with E-state index in [4.69, 9.17) is 0 Å². The van der Waals surface area contributed by atoms with Crippen molar-refractivity contribution in [1.82, 2.24) is 10.3 Å². The molecule has 1 heterocycles. The number of rotatable bonds is 3. The first-order chi connectivity index (χ1) is 10.9. The molecular formula is C17H18BrN3O2. The first-order valence-electron chi connectivity index (χ1n) is 7.18. The van der Waals surface area contributed by atoms with Crippen molar-refractivity contribution in [2.45, 2.75) is 26.8 Å². The third kappa shape index (κ3) is 4.39. The molecule has 1 atom stereocenters. The van der Waals surface area contributed by atoms with Gasteiger partial charge in [-0.05, 0) is 65.5 Å². The fourth-order valence-electron chi connectivity index (χ4n) is 2.21. The molecule has 1 aromatic carbocycles. The van der Waals surface area contributed by atoms with E-state index in [1.165, 1.54) is 0 Å². The molecule has 1 unspecified atom stereocenters. The van der Waals surface area contributed by atoms with E-state index < -0.39 is 11.8 Å². The van der Waals surface area contributed by atoms with Gasteiger partial charge in [0.25, 0.3) is 0 Å². The van der Waals surface area contributed by atoms with Crippen molar-refractivity contribution in [3.63, 3.8) is 0 Å². The quantitative estimate of drug-likeness (QED) is 0.808. The van der Waals surface area contributed by atoms with Crippen LogP contribution in [0.15, 0.2) is 41.0 Å². The Morgan fingerprint density at radius 2 is 1.87 bits per heavy atom. The molecule has 6 heteroatoms. The molecule has 0 aliphatic heterocycles. The third-order valence-electron chi connectivity index (χ3n) is 3.64. The van der Waals surface area contributed by atoms with Gasteiger partial charge >= 0.3 is 11.8 Å². The maximum absolute atomic E-state index is 12.0. The van der Waals surface area contributed by atoms with Crippen molar-refractivity contribution < 1.29 is 9.59 Å². The van der Waals surface area contributed by atoms with Gasteiger partial charge in [-0.15, -0.1) is 0 Å². The zero-order chi connectivity index (χ0) is 17.0. The fourth-order valence-corrected chi connectivity index (χ4v) is 2.44. The molecule has 0 aliphatic carbocycles. The standard InChI is InChI=1S/C17H18BrN3O2/c1-10-5-4-6-14(11(10)2)12(3)20-16(22)17(23)21-15-8-7-13(18)9-19-15/h4-9,12H,1-3H3,(H,20,22)(H,19,21,23). The minimum Gasteiger partial charge on any atom is -0.341 e. The highest BCUT2D eigenvalue weighted by Crippen LogP contribution is 2.20. The van der Waals surface area contributed by atoms with E-state index in [1.54, 1.807) is 18.3 Å². The molecule has 0 fully saturated rings. The number of hydrogen-bond donors (Lipinski definition) is 2. The lowest BCUT2D eigenvalue weighted by molar-refractivity contribution is -0.136. The van der Waals surface area contributed by atoms with Crippen molar-refractivity contribution in [3.8, 4) is 0 Å². The summed E-state index contributed by atoms with van der Waals surface area (Å²) in [5.41, 5.74) is 3.25. The number of anilines is 1. The van der Waals surface area contributed by atoms with Crippen molar-refractivity contribution in [2.75, 3.05) is 5.32 Å². The molecule has 2 aromatic rings. The van der Waals surface area contributed by atoms with E-state index in [0.717, 1.165) is 21.2 Å². The Balaban J connectivity index is 2.01. The summed E-state index contributed by atoms with van der Waals surface area (Å²) in [6, 6.07) is 8.99. The second-order valence-corrected chi connectivity index (χ2v) is 6.22. The first kappa shape index (κ1) is 17.1. The van der Waals surface area contributed by atoms with Gasteiger partial charge in [-0.2, -0.15) is 0 Å². The summed E-state index contributed by atoms with van der Waals surface area (Å²) >= 11 is 3.26. The maximum Gasteiger partial charge on any atom is 0.314 e. The molecule has 2 amide bonds. The Bertz CT molecular complexity index is 729. The molecule has 0 saturated carbocycles. The molecule has 0 spiro atoms. The molecule has 0 saturated heterocycles. The second-order valence-electron chi connectivity index (χ2n) is 5.30. The van der Waals surface area contributed by atoms with Gasteiger partial charge in [0.05, 0.1) is 6.04 Å². The summed E-state index contributed by atoms with van der Waals surface area (Å²) in [5.74, 6) is -1.10. The summed E-state index contributed by atoms with van der Waals surface area (Å²) in [4.78, 5) is 28.0.